The average molecular weight is 356 g/mol. The molecule has 0 amide bonds. The van der Waals surface area contributed by atoms with Crippen LogP contribution in [0.25, 0.3) is 0 Å². The lowest BCUT2D eigenvalue weighted by molar-refractivity contribution is 0.254. The van der Waals surface area contributed by atoms with Crippen LogP contribution in [0.1, 0.15) is 41.5 Å². The van der Waals surface area contributed by atoms with Crippen LogP contribution < -0.4 is 0 Å². The molecule has 124 valence electrons. The molecule has 12 heteroatoms. The Kier molecular flexibility index (Phi) is 7.61. The van der Waals surface area contributed by atoms with Crippen LogP contribution in [0.5, 0.6) is 0 Å². The van der Waals surface area contributed by atoms with E-state index in [4.69, 9.17) is 24.5 Å². The topological polar surface area (TPSA) is 162 Å². The number of hydrogen-bond acceptors (Lipinski definition) is 4. The lowest BCUT2D eigenvalue weighted by Crippen LogP contribution is -2.15. The van der Waals surface area contributed by atoms with E-state index < -0.39 is 33.3 Å². The maximum absolute atomic E-state index is 11.1. The smallest absolute Gasteiger partial charge is 0.324 e. The van der Waals surface area contributed by atoms with Gasteiger partial charge >= 0.3 is 23.0 Å². The van der Waals surface area contributed by atoms with Gasteiger partial charge in [0.15, 0.2) is 0 Å². The summed E-state index contributed by atoms with van der Waals surface area (Å²) in [6, 6.07) is 0. The van der Waals surface area contributed by atoms with Crippen LogP contribution >= 0.6 is 23.0 Å². The second-order valence-electron chi connectivity index (χ2n) is 5.98. The molecule has 0 saturated carbocycles. The van der Waals surface area contributed by atoms with E-state index in [1.54, 1.807) is 0 Å². The van der Waals surface area contributed by atoms with Gasteiger partial charge in [-0.3, -0.25) is 9.13 Å². The van der Waals surface area contributed by atoms with Crippen molar-refractivity contribution in [3.8, 4) is 0 Å². The zero-order valence-electron chi connectivity index (χ0n) is 12.2. The molecule has 0 bridgehead atoms. The van der Waals surface area contributed by atoms with E-state index in [-0.39, 0.29) is 0 Å². The summed E-state index contributed by atoms with van der Waals surface area (Å²) in [5.41, 5.74) is 0. The van der Waals surface area contributed by atoms with Crippen molar-refractivity contribution in [2.24, 2.45) is 0 Å². The van der Waals surface area contributed by atoms with Crippen LogP contribution in [0.4, 0.5) is 0 Å². The zero-order valence-corrected chi connectivity index (χ0v) is 14.9. The maximum Gasteiger partial charge on any atom is 0.476 e. The Bertz CT molecular complexity index is 447. The summed E-state index contributed by atoms with van der Waals surface area (Å²) in [5, 5.41) is -2.10. The summed E-state index contributed by atoms with van der Waals surface area (Å²) in [5.74, 6) is 0. The molecule has 1 unspecified atom stereocenters. The zero-order chi connectivity index (χ0) is 17.2. The largest absolute Gasteiger partial charge is 0.476 e. The highest BCUT2D eigenvalue weighted by atomic mass is 31.3. The molecule has 0 aliphatic rings. The normalized spacial score (nSPS) is 16.9. The molecule has 0 aromatic carbocycles. The summed E-state index contributed by atoms with van der Waals surface area (Å²) in [6.45, 7) is 8.58. The minimum atomic E-state index is -4.90. The standard InChI is InChI=1S/C4H12O6P2.C4H11O3P/c1-4(2,3)11(5,6)10-12(7,8)9;1-4(2,3)8(5,6)7/h1-3H3,(H,5,6)(H2,7,8,9);1-3H3,(H2,5,6,7). The van der Waals surface area contributed by atoms with Gasteiger partial charge < -0.3 is 24.5 Å². The predicted molar refractivity (Wildman–Crippen MR) is 74.5 cm³/mol. The number of rotatable bonds is 2. The first-order valence-corrected chi connectivity index (χ1v) is 10.1. The van der Waals surface area contributed by atoms with Crippen molar-refractivity contribution in [3.63, 3.8) is 0 Å². The van der Waals surface area contributed by atoms with Gasteiger partial charge in [0.25, 0.3) is 0 Å². The van der Waals surface area contributed by atoms with Gasteiger partial charge in [-0.05, 0) is 41.5 Å². The van der Waals surface area contributed by atoms with Crippen LogP contribution in [-0.4, -0.2) is 34.8 Å². The van der Waals surface area contributed by atoms with E-state index in [1.165, 1.54) is 41.5 Å². The average Bonchev–Trinajstić information content (AvgIpc) is 1.92. The highest BCUT2D eigenvalue weighted by Gasteiger charge is 2.41. The van der Waals surface area contributed by atoms with Crippen molar-refractivity contribution in [1.29, 1.82) is 0 Å². The molecule has 0 fully saturated rings. The van der Waals surface area contributed by atoms with Gasteiger partial charge in [-0.1, -0.05) is 0 Å². The highest BCUT2D eigenvalue weighted by molar-refractivity contribution is 7.64. The molecule has 0 aromatic rings. The molecule has 9 nitrogen and oxygen atoms in total. The molecule has 0 heterocycles. The molecular weight excluding hydrogens is 333 g/mol. The predicted octanol–water partition coefficient (Wildman–Crippen LogP) is 2.04. The second kappa shape index (κ2) is 6.69. The molecule has 0 rings (SSSR count). The van der Waals surface area contributed by atoms with Gasteiger partial charge in [0.2, 0.25) is 0 Å². The highest BCUT2D eigenvalue weighted by Crippen LogP contribution is 2.64. The minimum absolute atomic E-state index is 0.896. The maximum atomic E-state index is 11.1. The Morgan fingerprint density at radius 3 is 1.00 bits per heavy atom. The first-order valence-electron chi connectivity index (χ1n) is 5.36. The third kappa shape index (κ3) is 9.40. The molecule has 0 saturated heterocycles. The molecule has 0 aromatic heterocycles. The monoisotopic (exact) mass is 356 g/mol. The Morgan fingerprint density at radius 2 is 0.950 bits per heavy atom. The number of phosphoric acid groups is 1. The quantitative estimate of drug-likeness (QED) is 0.466. The third-order valence-corrected chi connectivity index (χ3v) is 7.12. The Labute approximate surface area is 118 Å². The van der Waals surface area contributed by atoms with E-state index in [0.29, 0.717) is 0 Å². The molecular formula is C8H23O9P3. The molecule has 20 heavy (non-hydrogen) atoms. The van der Waals surface area contributed by atoms with Crippen LogP contribution in [0, 0.1) is 0 Å². The van der Waals surface area contributed by atoms with Gasteiger partial charge in [-0.15, -0.1) is 0 Å². The SMILES string of the molecule is CC(C)(C)P(=O)(O)O.CC(C)(C)P(=O)(O)OP(=O)(O)O. The molecule has 0 aliphatic carbocycles. The van der Waals surface area contributed by atoms with E-state index in [1.807, 2.05) is 0 Å². The van der Waals surface area contributed by atoms with Gasteiger partial charge in [0.1, 0.15) is 0 Å². The molecule has 0 aliphatic heterocycles. The summed E-state index contributed by atoms with van der Waals surface area (Å²) in [7, 11) is -13.0. The number of hydrogen-bond donors (Lipinski definition) is 5. The minimum Gasteiger partial charge on any atom is -0.324 e. The fourth-order valence-electron chi connectivity index (χ4n) is 0.267. The Hall–Kier alpha value is 0.450. The van der Waals surface area contributed by atoms with Gasteiger partial charge in [0, 0.05) is 0 Å². The van der Waals surface area contributed by atoms with Crippen molar-refractivity contribution < 1.29 is 42.5 Å². The fraction of sp³-hybridized carbons (Fsp3) is 1.00. The van der Waals surface area contributed by atoms with Crippen LogP contribution in [-0.2, 0) is 18.0 Å². The van der Waals surface area contributed by atoms with Crippen molar-refractivity contribution in [2.75, 3.05) is 0 Å². The Balaban J connectivity index is 0. The summed E-state index contributed by atoms with van der Waals surface area (Å²) < 4.78 is 35.4. The van der Waals surface area contributed by atoms with E-state index in [0.717, 1.165) is 0 Å². The van der Waals surface area contributed by atoms with Crippen LogP contribution in [0.2, 0.25) is 0 Å². The van der Waals surface area contributed by atoms with Gasteiger partial charge in [-0.2, -0.15) is 0 Å². The first kappa shape index (κ1) is 22.7. The van der Waals surface area contributed by atoms with Crippen LogP contribution in [0.3, 0.4) is 0 Å². The lowest BCUT2D eigenvalue weighted by Gasteiger charge is -2.24. The van der Waals surface area contributed by atoms with Crippen molar-refractivity contribution >= 4 is 23.0 Å². The van der Waals surface area contributed by atoms with E-state index in [9.17, 15) is 13.7 Å². The van der Waals surface area contributed by atoms with E-state index in [2.05, 4.69) is 4.31 Å². The summed E-state index contributed by atoms with van der Waals surface area (Å²) in [6.07, 6.45) is 0. The second-order valence-corrected chi connectivity index (χ2v) is 12.4. The fourth-order valence-corrected chi connectivity index (χ4v) is 2.40. The third-order valence-electron chi connectivity index (χ3n) is 1.94. The first-order chi connectivity index (χ1) is 8.21. The molecule has 0 radical (unpaired) electrons. The molecule has 5 N–H and O–H groups in total. The molecule has 1 atom stereocenters. The van der Waals surface area contributed by atoms with Crippen LogP contribution in [0.15, 0.2) is 0 Å². The van der Waals surface area contributed by atoms with Crippen molar-refractivity contribution in [3.05, 3.63) is 0 Å². The Morgan fingerprint density at radius 1 is 0.700 bits per heavy atom. The van der Waals surface area contributed by atoms with Gasteiger partial charge in [-0.25, -0.2) is 8.88 Å². The van der Waals surface area contributed by atoms with Crippen molar-refractivity contribution in [2.45, 2.75) is 51.9 Å². The molecule has 0 spiro atoms. The van der Waals surface area contributed by atoms with Gasteiger partial charge in [0.05, 0.1) is 10.3 Å². The van der Waals surface area contributed by atoms with E-state index >= 15 is 0 Å². The summed E-state index contributed by atoms with van der Waals surface area (Å²) >= 11 is 0. The van der Waals surface area contributed by atoms with Crippen molar-refractivity contribution in [1.82, 2.24) is 0 Å². The summed E-state index contributed by atoms with van der Waals surface area (Å²) in [4.78, 5) is 42.5. The lowest BCUT2D eigenvalue weighted by atomic mass is 10.3.